The maximum atomic E-state index is 9.05. The molecule has 114 valence electrons. The first-order valence-electron chi connectivity index (χ1n) is 7.72. The average molecular weight is 289 g/mol. The van der Waals surface area contributed by atoms with E-state index in [2.05, 4.69) is 5.16 Å². The molecule has 4 heteroatoms. The second kappa shape index (κ2) is 5.68. The molecule has 1 heterocycles. The highest BCUT2D eigenvalue weighted by Crippen LogP contribution is 2.43. The molecule has 1 saturated carbocycles. The first kappa shape index (κ1) is 14.4. The average Bonchev–Trinajstić information content (AvgIpc) is 2.47. The molecule has 0 bridgehead atoms. The van der Waals surface area contributed by atoms with Crippen LogP contribution in [0, 0.1) is 6.92 Å². The van der Waals surface area contributed by atoms with Gasteiger partial charge in [-0.15, -0.1) is 0 Å². The molecular weight excluding hydrogens is 266 g/mol. The molecule has 1 aliphatic carbocycles. The van der Waals surface area contributed by atoms with Crippen LogP contribution in [0.2, 0.25) is 0 Å². The molecule has 1 atom stereocenters. The smallest absolute Gasteiger partial charge is 0.128 e. The number of hydrogen-bond donors (Lipinski definition) is 1. The lowest BCUT2D eigenvalue weighted by atomic mass is 9.74. The Balaban J connectivity index is 1.78. The van der Waals surface area contributed by atoms with Gasteiger partial charge < -0.3 is 14.7 Å². The molecular formula is C17H23NO3. The molecule has 21 heavy (non-hydrogen) atoms. The topological polar surface area (TPSA) is 51.1 Å². The second-order valence-corrected chi connectivity index (χ2v) is 6.30. The van der Waals surface area contributed by atoms with Gasteiger partial charge in [0.2, 0.25) is 0 Å². The van der Waals surface area contributed by atoms with Crippen LogP contribution < -0.4 is 4.74 Å². The lowest BCUT2D eigenvalue weighted by Crippen LogP contribution is -2.48. The summed E-state index contributed by atoms with van der Waals surface area (Å²) in [5.74, 6) is 0.803. The second-order valence-electron chi connectivity index (χ2n) is 6.30. The molecule has 2 aliphatic rings. The summed E-state index contributed by atoms with van der Waals surface area (Å²) in [6.45, 7) is 4.59. The van der Waals surface area contributed by atoms with Crippen LogP contribution in [0.15, 0.2) is 23.4 Å². The van der Waals surface area contributed by atoms with Crippen molar-refractivity contribution in [2.75, 3.05) is 6.61 Å². The largest absolute Gasteiger partial charge is 0.490 e. The van der Waals surface area contributed by atoms with Crippen molar-refractivity contribution in [1.82, 2.24) is 0 Å². The van der Waals surface area contributed by atoms with Gasteiger partial charge in [-0.2, -0.15) is 0 Å². The number of rotatable bonds is 3. The fourth-order valence-electron chi connectivity index (χ4n) is 3.27. The van der Waals surface area contributed by atoms with Gasteiger partial charge in [-0.25, -0.2) is 0 Å². The van der Waals surface area contributed by atoms with Crippen molar-refractivity contribution < 1.29 is 14.7 Å². The molecule has 0 aromatic heterocycles. The van der Waals surface area contributed by atoms with Crippen LogP contribution in [0.5, 0.6) is 5.75 Å². The summed E-state index contributed by atoms with van der Waals surface area (Å²) in [6, 6.07) is 6.01. The quantitative estimate of drug-likeness (QED) is 0.524. The van der Waals surface area contributed by atoms with Gasteiger partial charge in [0, 0.05) is 18.4 Å². The number of benzene rings is 1. The molecule has 1 saturated heterocycles. The van der Waals surface area contributed by atoms with E-state index in [0.717, 1.165) is 49.2 Å². The van der Waals surface area contributed by atoms with Crippen LogP contribution in [0.1, 0.15) is 50.2 Å². The lowest BCUT2D eigenvalue weighted by Gasteiger charge is -2.47. The van der Waals surface area contributed by atoms with Crippen molar-refractivity contribution in [2.24, 2.45) is 5.16 Å². The van der Waals surface area contributed by atoms with Crippen LogP contribution in [0.25, 0.3) is 0 Å². The molecule has 1 aromatic rings. The molecule has 0 amide bonds. The highest BCUT2D eigenvalue weighted by Gasteiger charge is 2.43. The summed E-state index contributed by atoms with van der Waals surface area (Å²) < 4.78 is 12.2. The molecule has 2 fully saturated rings. The Bertz CT molecular complexity index is 549. The summed E-state index contributed by atoms with van der Waals surface area (Å²) in [5, 5.41) is 12.4. The van der Waals surface area contributed by atoms with Crippen LogP contribution in [-0.2, 0) is 4.74 Å². The number of ether oxygens (including phenoxy) is 2. The standard InChI is InChI=1S/C17H23NO3/c1-12-4-5-16(15(10-12)13(2)18-19)21-14-6-9-20-17(11-14)7-3-8-17/h4-5,10,14,19H,3,6-9,11H2,1-2H3/b18-13-. The zero-order valence-corrected chi connectivity index (χ0v) is 12.8. The maximum absolute atomic E-state index is 9.05. The molecule has 4 nitrogen and oxygen atoms in total. The Morgan fingerprint density at radius 3 is 2.90 bits per heavy atom. The highest BCUT2D eigenvalue weighted by atomic mass is 16.5. The zero-order chi connectivity index (χ0) is 14.9. The predicted molar refractivity (Wildman–Crippen MR) is 81.4 cm³/mol. The third-order valence-electron chi connectivity index (χ3n) is 4.68. The summed E-state index contributed by atoms with van der Waals surface area (Å²) >= 11 is 0. The minimum atomic E-state index is 0.0773. The van der Waals surface area contributed by atoms with Gasteiger partial charge in [0.15, 0.2) is 0 Å². The minimum absolute atomic E-state index is 0.0773. The van der Waals surface area contributed by atoms with Gasteiger partial charge in [-0.1, -0.05) is 16.8 Å². The normalized spacial score (nSPS) is 24.7. The summed E-state index contributed by atoms with van der Waals surface area (Å²) in [7, 11) is 0. The predicted octanol–water partition coefficient (Wildman–Crippen LogP) is 3.67. The van der Waals surface area contributed by atoms with Crippen molar-refractivity contribution in [3.63, 3.8) is 0 Å². The number of nitrogens with zero attached hydrogens (tertiary/aromatic N) is 1. The van der Waals surface area contributed by atoms with E-state index in [-0.39, 0.29) is 11.7 Å². The van der Waals surface area contributed by atoms with Crippen molar-refractivity contribution in [1.29, 1.82) is 0 Å². The molecule has 1 spiro atoms. The maximum Gasteiger partial charge on any atom is 0.128 e. The van der Waals surface area contributed by atoms with E-state index in [1.54, 1.807) is 6.92 Å². The van der Waals surface area contributed by atoms with Crippen molar-refractivity contribution in [3.05, 3.63) is 29.3 Å². The Hall–Kier alpha value is -1.55. The van der Waals surface area contributed by atoms with Crippen molar-refractivity contribution in [2.45, 2.75) is 57.7 Å². The summed E-state index contributed by atoms with van der Waals surface area (Å²) in [6.07, 6.45) is 5.65. The van der Waals surface area contributed by atoms with Gasteiger partial charge >= 0.3 is 0 Å². The van der Waals surface area contributed by atoms with Crippen LogP contribution in [0.3, 0.4) is 0 Å². The van der Waals surface area contributed by atoms with E-state index in [0.29, 0.717) is 5.71 Å². The fraction of sp³-hybridized carbons (Fsp3) is 0.588. The van der Waals surface area contributed by atoms with Crippen LogP contribution in [0.4, 0.5) is 0 Å². The molecule has 1 aromatic carbocycles. The summed E-state index contributed by atoms with van der Waals surface area (Å²) in [5.41, 5.74) is 2.65. The van der Waals surface area contributed by atoms with Gasteiger partial charge in [0.25, 0.3) is 0 Å². The van der Waals surface area contributed by atoms with E-state index >= 15 is 0 Å². The highest BCUT2D eigenvalue weighted by molar-refractivity contribution is 6.00. The SMILES string of the molecule is C/C(=N/O)c1cc(C)ccc1OC1CCOC2(CCC2)C1. The fourth-order valence-corrected chi connectivity index (χ4v) is 3.27. The molecule has 0 radical (unpaired) electrons. The Morgan fingerprint density at radius 1 is 1.43 bits per heavy atom. The molecule has 3 rings (SSSR count). The van der Waals surface area contributed by atoms with Gasteiger partial charge in [-0.3, -0.25) is 0 Å². The van der Waals surface area contributed by atoms with E-state index < -0.39 is 0 Å². The molecule has 1 N–H and O–H groups in total. The summed E-state index contributed by atoms with van der Waals surface area (Å²) in [4.78, 5) is 0. The molecule has 1 unspecified atom stereocenters. The first-order valence-corrected chi connectivity index (χ1v) is 7.72. The van der Waals surface area contributed by atoms with E-state index in [1.165, 1.54) is 6.42 Å². The third kappa shape index (κ3) is 2.91. The monoisotopic (exact) mass is 289 g/mol. The van der Waals surface area contributed by atoms with E-state index in [1.807, 2.05) is 25.1 Å². The van der Waals surface area contributed by atoms with Crippen LogP contribution in [-0.4, -0.2) is 29.2 Å². The lowest BCUT2D eigenvalue weighted by molar-refractivity contribution is -0.153. The van der Waals surface area contributed by atoms with Gasteiger partial charge in [0.1, 0.15) is 11.9 Å². The van der Waals surface area contributed by atoms with E-state index in [4.69, 9.17) is 14.7 Å². The Morgan fingerprint density at radius 2 is 2.24 bits per heavy atom. The number of hydrogen-bond acceptors (Lipinski definition) is 4. The van der Waals surface area contributed by atoms with Crippen molar-refractivity contribution in [3.8, 4) is 5.75 Å². The van der Waals surface area contributed by atoms with Gasteiger partial charge in [-0.05, 0) is 45.2 Å². The number of oxime groups is 1. The molecule has 1 aliphatic heterocycles. The van der Waals surface area contributed by atoms with Crippen molar-refractivity contribution >= 4 is 5.71 Å². The van der Waals surface area contributed by atoms with Crippen LogP contribution >= 0.6 is 0 Å². The van der Waals surface area contributed by atoms with E-state index in [9.17, 15) is 0 Å². The minimum Gasteiger partial charge on any atom is -0.490 e. The zero-order valence-electron chi connectivity index (χ0n) is 12.8. The number of aryl methyl sites for hydroxylation is 1. The Kier molecular flexibility index (Phi) is 3.89. The first-order chi connectivity index (χ1) is 10.1. The Labute approximate surface area is 125 Å². The van der Waals surface area contributed by atoms with Gasteiger partial charge in [0.05, 0.1) is 17.9 Å². The third-order valence-corrected chi connectivity index (χ3v) is 4.68.